The SMILES string of the molecule is O=C(NCCCl)NC1CCCCCCCCCCC1. The van der Waals surface area contributed by atoms with Crippen LogP contribution in [0, 0.1) is 0 Å². The molecule has 0 aromatic heterocycles. The number of carbonyl (C=O) groups excluding carboxylic acids is 1. The van der Waals surface area contributed by atoms with E-state index in [2.05, 4.69) is 10.6 Å². The molecule has 4 heteroatoms. The number of hydrogen-bond donors (Lipinski definition) is 2. The van der Waals surface area contributed by atoms with Crippen LogP contribution in [0.2, 0.25) is 0 Å². The van der Waals surface area contributed by atoms with Crippen molar-refractivity contribution in [2.75, 3.05) is 12.4 Å². The number of hydrogen-bond acceptors (Lipinski definition) is 1. The zero-order chi connectivity index (χ0) is 13.8. The summed E-state index contributed by atoms with van der Waals surface area (Å²) in [6.07, 6.45) is 14.2. The molecule has 2 N–H and O–H groups in total. The molecular weight excluding hydrogens is 260 g/mol. The van der Waals surface area contributed by atoms with Gasteiger partial charge in [-0.15, -0.1) is 11.6 Å². The minimum absolute atomic E-state index is 0.0576. The van der Waals surface area contributed by atoms with E-state index in [1.807, 2.05) is 0 Å². The lowest BCUT2D eigenvalue weighted by atomic mass is 9.98. The molecule has 0 aromatic rings. The van der Waals surface area contributed by atoms with Crippen LogP contribution >= 0.6 is 11.6 Å². The molecule has 0 aromatic carbocycles. The quantitative estimate of drug-likeness (QED) is 0.751. The zero-order valence-electron chi connectivity index (χ0n) is 12.1. The van der Waals surface area contributed by atoms with Crippen LogP contribution in [-0.4, -0.2) is 24.5 Å². The molecule has 0 atom stereocenters. The number of nitrogens with one attached hydrogen (secondary N) is 2. The monoisotopic (exact) mass is 288 g/mol. The molecule has 1 aliphatic carbocycles. The molecule has 3 nitrogen and oxygen atoms in total. The Bertz CT molecular complexity index is 224. The summed E-state index contributed by atoms with van der Waals surface area (Å²) in [4.78, 5) is 11.7. The van der Waals surface area contributed by atoms with Crippen LogP contribution in [0.1, 0.15) is 70.6 Å². The largest absolute Gasteiger partial charge is 0.337 e. The summed E-state index contributed by atoms with van der Waals surface area (Å²) in [5.74, 6) is 0.470. The van der Waals surface area contributed by atoms with Crippen LogP contribution in [0.25, 0.3) is 0 Å². The van der Waals surface area contributed by atoms with Gasteiger partial charge in [0.1, 0.15) is 0 Å². The fourth-order valence-corrected chi connectivity index (χ4v) is 2.80. The van der Waals surface area contributed by atoms with Crippen LogP contribution in [0.15, 0.2) is 0 Å². The average molecular weight is 289 g/mol. The summed E-state index contributed by atoms with van der Waals surface area (Å²) in [6.45, 7) is 0.542. The second-order valence-corrected chi connectivity index (χ2v) is 5.92. The number of rotatable bonds is 3. The number of carbonyl (C=O) groups is 1. The summed E-state index contributed by atoms with van der Waals surface area (Å²) in [5, 5.41) is 5.88. The van der Waals surface area contributed by atoms with Gasteiger partial charge in [0, 0.05) is 18.5 Å². The second-order valence-electron chi connectivity index (χ2n) is 5.55. The van der Waals surface area contributed by atoms with E-state index in [4.69, 9.17) is 11.6 Å². The number of halogens is 1. The first-order valence-electron chi connectivity index (χ1n) is 7.93. The Balaban J connectivity index is 2.27. The molecule has 1 rings (SSSR count). The molecule has 0 bridgehead atoms. The molecular formula is C15H29ClN2O. The summed E-state index contributed by atoms with van der Waals surface area (Å²) < 4.78 is 0. The van der Waals surface area contributed by atoms with Gasteiger partial charge in [0.05, 0.1) is 0 Å². The standard InChI is InChI=1S/C15H29ClN2O/c16-12-13-17-15(19)18-14-10-8-6-4-2-1-3-5-7-9-11-14/h14H,1-13H2,(H2,17,18,19). The van der Waals surface area contributed by atoms with Gasteiger partial charge in [-0.05, 0) is 12.8 Å². The molecule has 0 unspecified atom stereocenters. The van der Waals surface area contributed by atoms with Crippen LogP contribution in [0.5, 0.6) is 0 Å². The van der Waals surface area contributed by atoms with Crippen LogP contribution in [-0.2, 0) is 0 Å². The zero-order valence-corrected chi connectivity index (χ0v) is 12.8. The highest BCUT2D eigenvalue weighted by molar-refractivity contribution is 6.18. The van der Waals surface area contributed by atoms with Crippen molar-refractivity contribution in [1.29, 1.82) is 0 Å². The van der Waals surface area contributed by atoms with Gasteiger partial charge in [-0.3, -0.25) is 0 Å². The fraction of sp³-hybridized carbons (Fsp3) is 0.933. The van der Waals surface area contributed by atoms with E-state index in [9.17, 15) is 4.79 Å². The van der Waals surface area contributed by atoms with E-state index >= 15 is 0 Å². The summed E-state index contributed by atoms with van der Waals surface area (Å²) in [6, 6.07) is 0.285. The van der Waals surface area contributed by atoms with Crippen molar-refractivity contribution in [3.8, 4) is 0 Å². The Morgan fingerprint density at radius 1 is 0.895 bits per heavy atom. The minimum atomic E-state index is -0.0576. The smallest absolute Gasteiger partial charge is 0.315 e. The van der Waals surface area contributed by atoms with Gasteiger partial charge >= 0.3 is 6.03 Å². The van der Waals surface area contributed by atoms with Gasteiger partial charge in [0.25, 0.3) is 0 Å². The topological polar surface area (TPSA) is 41.1 Å². The van der Waals surface area contributed by atoms with E-state index in [1.165, 1.54) is 57.8 Å². The van der Waals surface area contributed by atoms with Crippen LogP contribution in [0.3, 0.4) is 0 Å². The van der Waals surface area contributed by atoms with Gasteiger partial charge in [0.15, 0.2) is 0 Å². The van der Waals surface area contributed by atoms with Crippen molar-refractivity contribution in [3.05, 3.63) is 0 Å². The summed E-state index contributed by atoms with van der Waals surface area (Å²) in [5.41, 5.74) is 0. The number of alkyl halides is 1. The summed E-state index contributed by atoms with van der Waals surface area (Å²) in [7, 11) is 0. The highest BCUT2D eigenvalue weighted by Gasteiger charge is 2.12. The van der Waals surface area contributed by atoms with Gasteiger partial charge in [-0.1, -0.05) is 57.8 Å². The molecule has 19 heavy (non-hydrogen) atoms. The third-order valence-corrected chi connectivity index (χ3v) is 4.01. The maximum Gasteiger partial charge on any atom is 0.315 e. The predicted octanol–water partition coefficient (Wildman–Crippen LogP) is 4.20. The van der Waals surface area contributed by atoms with E-state index < -0.39 is 0 Å². The lowest BCUT2D eigenvalue weighted by Gasteiger charge is -2.19. The molecule has 0 radical (unpaired) electrons. The van der Waals surface area contributed by atoms with Crippen molar-refractivity contribution in [3.63, 3.8) is 0 Å². The van der Waals surface area contributed by atoms with Crippen molar-refractivity contribution in [1.82, 2.24) is 10.6 Å². The Morgan fingerprint density at radius 3 is 1.84 bits per heavy atom. The fourth-order valence-electron chi connectivity index (χ4n) is 2.70. The number of urea groups is 1. The molecule has 0 saturated heterocycles. The lowest BCUT2D eigenvalue weighted by Crippen LogP contribution is -2.42. The first kappa shape index (κ1) is 16.6. The van der Waals surface area contributed by atoms with Crippen molar-refractivity contribution >= 4 is 17.6 Å². The normalized spacial score (nSPS) is 20.1. The van der Waals surface area contributed by atoms with Gasteiger partial charge in [-0.2, -0.15) is 0 Å². The van der Waals surface area contributed by atoms with Crippen molar-refractivity contribution < 1.29 is 4.79 Å². The maximum absolute atomic E-state index is 11.7. The first-order chi connectivity index (χ1) is 9.33. The van der Waals surface area contributed by atoms with Crippen molar-refractivity contribution in [2.24, 2.45) is 0 Å². The second kappa shape index (κ2) is 11.4. The Labute approximate surface area is 122 Å². The average Bonchev–Trinajstić information content (AvgIpc) is 2.39. The van der Waals surface area contributed by atoms with Crippen LogP contribution < -0.4 is 10.6 Å². The predicted molar refractivity (Wildman–Crippen MR) is 81.8 cm³/mol. The molecule has 1 aliphatic rings. The Morgan fingerprint density at radius 2 is 1.37 bits per heavy atom. The van der Waals surface area contributed by atoms with Gasteiger partial charge in [-0.25, -0.2) is 4.79 Å². The molecule has 2 amide bonds. The summed E-state index contributed by atoms with van der Waals surface area (Å²) >= 11 is 5.57. The Hall–Kier alpha value is -0.440. The lowest BCUT2D eigenvalue weighted by molar-refractivity contribution is 0.235. The third-order valence-electron chi connectivity index (χ3n) is 3.82. The maximum atomic E-state index is 11.7. The molecule has 1 fully saturated rings. The van der Waals surface area contributed by atoms with Gasteiger partial charge < -0.3 is 10.6 Å². The highest BCUT2D eigenvalue weighted by atomic mass is 35.5. The number of amides is 2. The molecule has 1 saturated carbocycles. The van der Waals surface area contributed by atoms with E-state index in [-0.39, 0.29) is 6.03 Å². The Kier molecular flexibility index (Phi) is 9.96. The minimum Gasteiger partial charge on any atom is -0.337 e. The van der Waals surface area contributed by atoms with E-state index in [0.717, 1.165) is 12.8 Å². The molecule has 0 spiro atoms. The molecule has 112 valence electrons. The molecule has 0 heterocycles. The molecule has 0 aliphatic heterocycles. The van der Waals surface area contributed by atoms with Crippen LogP contribution in [0.4, 0.5) is 4.79 Å². The van der Waals surface area contributed by atoms with E-state index in [0.29, 0.717) is 18.5 Å². The first-order valence-corrected chi connectivity index (χ1v) is 8.46. The van der Waals surface area contributed by atoms with Crippen molar-refractivity contribution in [2.45, 2.75) is 76.7 Å². The van der Waals surface area contributed by atoms with Gasteiger partial charge in [0.2, 0.25) is 0 Å². The third kappa shape index (κ3) is 9.15. The highest BCUT2D eigenvalue weighted by Crippen LogP contribution is 2.16. The van der Waals surface area contributed by atoms with E-state index in [1.54, 1.807) is 0 Å².